The highest BCUT2D eigenvalue weighted by molar-refractivity contribution is 5.93. The van der Waals surface area contributed by atoms with Crippen LogP contribution in [0.4, 0.5) is 0 Å². The monoisotopic (exact) mass is 288 g/mol. The molecule has 7 nitrogen and oxygen atoms in total. The molecular weight excluding hydrogens is 268 g/mol. The van der Waals surface area contributed by atoms with E-state index in [0.29, 0.717) is 17.5 Å². The number of H-pyrrole nitrogens is 1. The molecule has 7 heteroatoms. The van der Waals surface area contributed by atoms with Gasteiger partial charge in [-0.15, -0.1) is 10.2 Å². The fourth-order valence-corrected chi connectivity index (χ4v) is 2.83. The Morgan fingerprint density at radius 3 is 2.76 bits per heavy atom. The van der Waals surface area contributed by atoms with Crippen LogP contribution in [0.3, 0.4) is 0 Å². The maximum Gasteiger partial charge on any atom is 0.257 e. The van der Waals surface area contributed by atoms with Gasteiger partial charge in [-0.05, 0) is 26.7 Å². The van der Waals surface area contributed by atoms with Gasteiger partial charge in [0.05, 0.1) is 11.8 Å². The van der Waals surface area contributed by atoms with Crippen LogP contribution >= 0.6 is 0 Å². The van der Waals surface area contributed by atoms with E-state index in [0.717, 1.165) is 31.8 Å². The summed E-state index contributed by atoms with van der Waals surface area (Å²) >= 11 is 0. The first-order chi connectivity index (χ1) is 10.2. The smallest absolute Gasteiger partial charge is 0.257 e. The predicted octanol–water partition coefficient (Wildman–Crippen LogP) is 1.60. The number of aromatic nitrogens is 5. The molecule has 1 aliphatic heterocycles. The molecule has 2 aromatic heterocycles. The predicted molar refractivity (Wildman–Crippen MR) is 76.9 cm³/mol. The van der Waals surface area contributed by atoms with Crippen molar-refractivity contribution < 1.29 is 4.79 Å². The first-order valence-electron chi connectivity index (χ1n) is 7.34. The van der Waals surface area contributed by atoms with Crippen LogP contribution in [0.5, 0.6) is 0 Å². The summed E-state index contributed by atoms with van der Waals surface area (Å²) in [5.41, 5.74) is 0.624. The van der Waals surface area contributed by atoms with Gasteiger partial charge < -0.3 is 9.47 Å². The van der Waals surface area contributed by atoms with E-state index in [1.165, 1.54) is 0 Å². The van der Waals surface area contributed by atoms with Crippen LogP contribution in [0.2, 0.25) is 0 Å². The van der Waals surface area contributed by atoms with Crippen molar-refractivity contribution in [3.63, 3.8) is 0 Å². The molecule has 0 spiro atoms. The van der Waals surface area contributed by atoms with Crippen LogP contribution in [-0.2, 0) is 0 Å². The average Bonchev–Trinajstić information content (AvgIpc) is 3.18. The van der Waals surface area contributed by atoms with E-state index in [-0.39, 0.29) is 5.91 Å². The number of hydrogen-bond donors (Lipinski definition) is 1. The van der Waals surface area contributed by atoms with E-state index in [9.17, 15) is 4.79 Å². The zero-order valence-corrected chi connectivity index (χ0v) is 12.4. The number of nitrogens with one attached hydrogen (secondary N) is 1. The van der Waals surface area contributed by atoms with Crippen molar-refractivity contribution in [3.05, 3.63) is 30.1 Å². The maximum absolute atomic E-state index is 12.3. The van der Waals surface area contributed by atoms with Crippen LogP contribution in [0, 0.1) is 0 Å². The molecule has 1 aliphatic rings. The molecule has 1 saturated heterocycles. The van der Waals surface area contributed by atoms with Crippen molar-refractivity contribution in [2.45, 2.75) is 38.6 Å². The van der Waals surface area contributed by atoms with E-state index < -0.39 is 0 Å². The number of likely N-dealkylation sites (tertiary alicyclic amines) is 1. The minimum Gasteiger partial charge on any atom is -0.339 e. The summed E-state index contributed by atoms with van der Waals surface area (Å²) in [6.45, 7) is 5.76. The molecule has 0 aliphatic carbocycles. The number of carbonyl (C=O) groups is 1. The fourth-order valence-electron chi connectivity index (χ4n) is 2.83. The van der Waals surface area contributed by atoms with Crippen LogP contribution in [0.25, 0.3) is 0 Å². The molecule has 2 aromatic rings. The third-order valence-corrected chi connectivity index (χ3v) is 4.05. The summed E-state index contributed by atoms with van der Waals surface area (Å²) in [5.74, 6) is 1.47. The van der Waals surface area contributed by atoms with E-state index in [1.54, 1.807) is 18.7 Å². The third-order valence-electron chi connectivity index (χ3n) is 4.05. The van der Waals surface area contributed by atoms with Gasteiger partial charge in [0.15, 0.2) is 0 Å². The maximum atomic E-state index is 12.3. The van der Waals surface area contributed by atoms with Crippen molar-refractivity contribution in [2.24, 2.45) is 0 Å². The van der Waals surface area contributed by atoms with Crippen LogP contribution in [-0.4, -0.2) is 48.9 Å². The lowest BCUT2D eigenvalue weighted by Crippen LogP contribution is -2.38. The third kappa shape index (κ3) is 2.68. The molecule has 1 fully saturated rings. The molecule has 3 rings (SSSR count). The molecule has 0 bridgehead atoms. The zero-order valence-electron chi connectivity index (χ0n) is 12.4. The Balaban J connectivity index is 1.65. The zero-order chi connectivity index (χ0) is 14.8. The molecule has 0 aromatic carbocycles. The highest BCUT2D eigenvalue weighted by Gasteiger charge is 2.28. The Bertz CT molecular complexity index is 595. The summed E-state index contributed by atoms with van der Waals surface area (Å²) in [7, 11) is 0. The van der Waals surface area contributed by atoms with E-state index in [4.69, 9.17) is 0 Å². The number of aromatic amines is 1. The van der Waals surface area contributed by atoms with Crippen LogP contribution < -0.4 is 0 Å². The summed E-state index contributed by atoms with van der Waals surface area (Å²) in [4.78, 5) is 14.1. The largest absolute Gasteiger partial charge is 0.339 e. The quantitative estimate of drug-likeness (QED) is 0.930. The van der Waals surface area contributed by atoms with Crippen molar-refractivity contribution in [2.75, 3.05) is 13.1 Å². The van der Waals surface area contributed by atoms with Gasteiger partial charge in [0.25, 0.3) is 5.91 Å². The lowest BCUT2D eigenvalue weighted by Gasteiger charge is -2.31. The first kappa shape index (κ1) is 13.8. The van der Waals surface area contributed by atoms with Gasteiger partial charge in [0.1, 0.15) is 12.2 Å². The Kier molecular flexibility index (Phi) is 3.72. The van der Waals surface area contributed by atoms with Crippen molar-refractivity contribution in [3.8, 4) is 0 Å². The number of rotatable bonds is 3. The minimum atomic E-state index is 0.0486. The van der Waals surface area contributed by atoms with Gasteiger partial charge >= 0.3 is 0 Å². The Morgan fingerprint density at radius 1 is 1.38 bits per heavy atom. The first-order valence-corrected chi connectivity index (χ1v) is 7.34. The second-order valence-electron chi connectivity index (χ2n) is 5.74. The molecule has 112 valence electrons. The van der Waals surface area contributed by atoms with Gasteiger partial charge in [-0.2, -0.15) is 5.10 Å². The molecule has 1 N–H and O–H groups in total. The summed E-state index contributed by atoms with van der Waals surface area (Å²) < 4.78 is 2.12. The molecular formula is C14H20N6O. The lowest BCUT2D eigenvalue weighted by atomic mass is 9.95. The standard InChI is InChI=1S/C14H20N6O/c1-10(2)20-9-17-18-13(20)11-3-5-19(6-4-11)14(21)12-7-15-16-8-12/h7-11H,3-6H2,1-2H3,(H,15,16). The van der Waals surface area contributed by atoms with Crippen LogP contribution in [0.1, 0.15) is 54.8 Å². The molecule has 3 heterocycles. The van der Waals surface area contributed by atoms with Gasteiger partial charge in [0, 0.05) is 31.2 Å². The summed E-state index contributed by atoms with van der Waals surface area (Å²) in [6.07, 6.45) is 6.86. The molecule has 0 unspecified atom stereocenters. The Labute approximate surface area is 123 Å². The SMILES string of the molecule is CC(C)n1cnnc1C1CCN(C(=O)c2cn[nH]c2)CC1. The number of amides is 1. The summed E-state index contributed by atoms with van der Waals surface area (Å²) in [5, 5.41) is 14.8. The second-order valence-corrected chi connectivity index (χ2v) is 5.74. The molecule has 21 heavy (non-hydrogen) atoms. The van der Waals surface area contributed by atoms with Gasteiger partial charge in [-0.3, -0.25) is 9.89 Å². The van der Waals surface area contributed by atoms with Gasteiger partial charge in [-0.25, -0.2) is 0 Å². The van der Waals surface area contributed by atoms with Crippen molar-refractivity contribution in [1.29, 1.82) is 0 Å². The molecule has 0 atom stereocenters. The van der Waals surface area contributed by atoms with E-state index in [2.05, 4.69) is 38.8 Å². The molecule has 0 radical (unpaired) electrons. The van der Waals surface area contributed by atoms with E-state index >= 15 is 0 Å². The normalized spacial score (nSPS) is 16.6. The molecule has 0 saturated carbocycles. The minimum absolute atomic E-state index is 0.0486. The number of carbonyl (C=O) groups excluding carboxylic acids is 1. The van der Waals surface area contributed by atoms with E-state index in [1.807, 2.05) is 4.90 Å². The topological polar surface area (TPSA) is 79.7 Å². The van der Waals surface area contributed by atoms with Crippen LogP contribution in [0.15, 0.2) is 18.7 Å². The highest BCUT2D eigenvalue weighted by atomic mass is 16.2. The summed E-state index contributed by atoms with van der Waals surface area (Å²) in [6, 6.07) is 0.362. The second kappa shape index (κ2) is 5.67. The lowest BCUT2D eigenvalue weighted by molar-refractivity contribution is 0.0710. The number of nitrogens with zero attached hydrogens (tertiary/aromatic N) is 5. The number of piperidine rings is 1. The fraction of sp³-hybridized carbons (Fsp3) is 0.571. The van der Waals surface area contributed by atoms with Crippen molar-refractivity contribution in [1.82, 2.24) is 29.9 Å². The Hall–Kier alpha value is -2.18. The van der Waals surface area contributed by atoms with Crippen molar-refractivity contribution >= 4 is 5.91 Å². The number of hydrogen-bond acceptors (Lipinski definition) is 4. The average molecular weight is 288 g/mol. The van der Waals surface area contributed by atoms with Gasteiger partial charge in [-0.1, -0.05) is 0 Å². The van der Waals surface area contributed by atoms with Gasteiger partial charge in [0.2, 0.25) is 0 Å². The molecule has 1 amide bonds. The highest BCUT2D eigenvalue weighted by Crippen LogP contribution is 2.28. The Morgan fingerprint density at radius 2 is 2.14 bits per heavy atom.